The fraction of sp³-hybridized carbons (Fsp3) is 0.0769. The van der Waals surface area contributed by atoms with E-state index in [1.54, 1.807) is 12.5 Å². The Morgan fingerprint density at radius 3 is 2.79 bits per heavy atom. The van der Waals surface area contributed by atoms with E-state index in [1.807, 2.05) is 30.3 Å². The van der Waals surface area contributed by atoms with E-state index in [2.05, 4.69) is 27.4 Å². The van der Waals surface area contributed by atoms with Gasteiger partial charge in [0.15, 0.2) is 0 Å². The molecule has 0 saturated heterocycles. The molecule has 0 radical (unpaired) electrons. The molecule has 2 heterocycles. The van der Waals surface area contributed by atoms with Gasteiger partial charge >= 0.3 is 0 Å². The van der Waals surface area contributed by atoms with Crippen LogP contribution < -0.4 is 5.32 Å². The lowest BCUT2D eigenvalue weighted by molar-refractivity contribution is 0.562. The Labute approximate surface area is 114 Å². The Bertz CT molecular complexity index is 646. The second kappa shape index (κ2) is 5.19. The van der Waals surface area contributed by atoms with Crippen molar-refractivity contribution in [2.45, 2.75) is 17.0 Å². The average Bonchev–Trinajstić information content (AvgIpc) is 3.05. The first kappa shape index (κ1) is 11.9. The molecule has 2 aromatic heterocycles. The molecule has 1 aromatic carbocycles. The fourth-order valence-corrected chi connectivity index (χ4v) is 2.20. The largest absolute Gasteiger partial charge is 0.471 e. The van der Waals surface area contributed by atoms with Crippen LogP contribution in [0.15, 0.2) is 57.3 Å². The summed E-state index contributed by atoms with van der Waals surface area (Å²) in [4.78, 5) is 5.32. The summed E-state index contributed by atoms with van der Waals surface area (Å²) in [5.41, 5.74) is 2.20. The van der Waals surface area contributed by atoms with Gasteiger partial charge < -0.3 is 9.73 Å². The normalized spacial score (nSPS) is 10.6. The van der Waals surface area contributed by atoms with E-state index >= 15 is 0 Å². The van der Waals surface area contributed by atoms with Crippen molar-refractivity contribution in [3.8, 4) is 0 Å². The first-order valence-corrected chi connectivity index (χ1v) is 6.57. The van der Waals surface area contributed by atoms with E-state index in [4.69, 9.17) is 4.42 Å². The maximum absolute atomic E-state index is 5.00. The number of anilines is 2. The molecular weight excluding hydrogens is 260 g/mol. The van der Waals surface area contributed by atoms with Crippen LogP contribution in [0.5, 0.6) is 0 Å². The van der Waals surface area contributed by atoms with Gasteiger partial charge in [0.2, 0.25) is 11.1 Å². The Balaban J connectivity index is 1.69. The van der Waals surface area contributed by atoms with Crippen molar-refractivity contribution in [1.82, 2.24) is 15.2 Å². The smallest absolute Gasteiger partial charge is 0.223 e. The third-order valence-electron chi connectivity index (χ3n) is 2.48. The molecule has 5 nitrogen and oxygen atoms in total. The first-order valence-electron chi connectivity index (χ1n) is 5.76. The van der Waals surface area contributed by atoms with Crippen LogP contribution in [-0.4, -0.2) is 15.2 Å². The topological polar surface area (TPSA) is 66.7 Å². The summed E-state index contributed by atoms with van der Waals surface area (Å²) in [5, 5.41) is 10.8. The quantitative estimate of drug-likeness (QED) is 0.759. The molecule has 0 bridgehead atoms. The highest BCUT2D eigenvalue weighted by atomic mass is 32.2. The molecule has 0 spiro atoms. The van der Waals surface area contributed by atoms with Gasteiger partial charge in [0.1, 0.15) is 6.26 Å². The van der Waals surface area contributed by atoms with Crippen molar-refractivity contribution in [3.05, 3.63) is 48.4 Å². The molecule has 6 heteroatoms. The van der Waals surface area contributed by atoms with Crippen LogP contribution in [-0.2, 0) is 0 Å². The van der Waals surface area contributed by atoms with Gasteiger partial charge in [0, 0.05) is 5.69 Å². The summed E-state index contributed by atoms with van der Waals surface area (Å²) in [6.45, 7) is 2.05. The highest BCUT2D eigenvalue weighted by Gasteiger charge is 2.06. The average molecular weight is 272 g/mol. The Kier molecular flexibility index (Phi) is 3.24. The van der Waals surface area contributed by atoms with E-state index in [9.17, 15) is 0 Å². The molecule has 3 aromatic rings. The van der Waals surface area contributed by atoms with E-state index in [0.717, 1.165) is 10.6 Å². The molecule has 96 valence electrons. The van der Waals surface area contributed by atoms with Gasteiger partial charge in [-0.15, -0.1) is 5.10 Å². The van der Waals surface area contributed by atoms with Gasteiger partial charge in [-0.1, -0.05) is 17.7 Å². The standard InChI is InChI=1S/C13H12N4OS/c1-9-2-4-10(5-3-9)14-12-15-13(17-16-12)19-11-6-7-18-8-11/h2-8H,1H3,(H2,14,15,16,17). The molecule has 0 saturated carbocycles. The van der Waals surface area contributed by atoms with Crippen LogP contribution in [0.25, 0.3) is 0 Å². The number of rotatable bonds is 4. The molecule has 0 unspecified atom stereocenters. The summed E-state index contributed by atoms with van der Waals surface area (Å²) >= 11 is 1.44. The second-order valence-electron chi connectivity index (χ2n) is 4.02. The summed E-state index contributed by atoms with van der Waals surface area (Å²) in [7, 11) is 0. The number of hydrogen-bond donors (Lipinski definition) is 2. The molecule has 2 N–H and O–H groups in total. The van der Waals surface area contributed by atoms with Crippen LogP contribution in [0.3, 0.4) is 0 Å². The predicted octanol–water partition coefficient (Wildman–Crippen LogP) is 3.60. The Morgan fingerprint density at radius 1 is 1.21 bits per heavy atom. The van der Waals surface area contributed by atoms with E-state index < -0.39 is 0 Å². The summed E-state index contributed by atoms with van der Waals surface area (Å²) in [6.07, 6.45) is 3.29. The van der Waals surface area contributed by atoms with E-state index in [0.29, 0.717) is 11.1 Å². The molecule has 0 aliphatic heterocycles. The van der Waals surface area contributed by atoms with E-state index in [1.165, 1.54) is 17.3 Å². The molecule has 0 atom stereocenters. The van der Waals surface area contributed by atoms with Crippen molar-refractivity contribution in [2.24, 2.45) is 0 Å². The third kappa shape index (κ3) is 2.97. The molecule has 0 aliphatic rings. The monoisotopic (exact) mass is 272 g/mol. The highest BCUT2D eigenvalue weighted by Crippen LogP contribution is 2.25. The van der Waals surface area contributed by atoms with Crippen molar-refractivity contribution in [1.29, 1.82) is 0 Å². The van der Waals surface area contributed by atoms with Crippen molar-refractivity contribution < 1.29 is 4.42 Å². The number of nitrogens with one attached hydrogen (secondary N) is 2. The van der Waals surface area contributed by atoms with Gasteiger partial charge in [-0.05, 0) is 36.9 Å². The Morgan fingerprint density at radius 2 is 2.05 bits per heavy atom. The van der Waals surface area contributed by atoms with E-state index in [-0.39, 0.29) is 0 Å². The summed E-state index contributed by atoms with van der Waals surface area (Å²) < 4.78 is 5.00. The summed E-state index contributed by atoms with van der Waals surface area (Å²) in [6, 6.07) is 9.95. The fourth-order valence-electron chi connectivity index (χ4n) is 1.54. The third-order valence-corrected chi connectivity index (χ3v) is 3.32. The summed E-state index contributed by atoms with van der Waals surface area (Å²) in [5.74, 6) is 0.620. The van der Waals surface area contributed by atoms with Crippen LogP contribution in [0.1, 0.15) is 5.56 Å². The number of aromatic nitrogens is 3. The molecule has 3 rings (SSSR count). The molecule has 0 amide bonds. The van der Waals surface area contributed by atoms with Crippen LogP contribution in [0.4, 0.5) is 11.6 Å². The number of nitrogens with zero attached hydrogens (tertiary/aromatic N) is 2. The highest BCUT2D eigenvalue weighted by molar-refractivity contribution is 7.99. The number of H-pyrrole nitrogens is 1. The lowest BCUT2D eigenvalue weighted by Crippen LogP contribution is -1.92. The number of hydrogen-bond acceptors (Lipinski definition) is 5. The van der Waals surface area contributed by atoms with Crippen LogP contribution in [0, 0.1) is 6.92 Å². The maximum Gasteiger partial charge on any atom is 0.223 e. The maximum atomic E-state index is 5.00. The van der Waals surface area contributed by atoms with Crippen LogP contribution >= 0.6 is 11.8 Å². The predicted molar refractivity (Wildman–Crippen MR) is 73.7 cm³/mol. The van der Waals surface area contributed by atoms with Crippen molar-refractivity contribution >= 4 is 23.4 Å². The zero-order chi connectivity index (χ0) is 13.1. The minimum Gasteiger partial charge on any atom is -0.471 e. The molecule has 19 heavy (non-hydrogen) atoms. The zero-order valence-electron chi connectivity index (χ0n) is 10.3. The molecule has 0 aliphatic carbocycles. The van der Waals surface area contributed by atoms with Crippen molar-refractivity contribution in [2.75, 3.05) is 5.32 Å². The SMILES string of the molecule is Cc1ccc(Nc2nc(Sc3ccoc3)n[nH]2)cc1. The van der Waals surface area contributed by atoms with Gasteiger partial charge in [-0.2, -0.15) is 4.98 Å². The minimum atomic E-state index is 0.620. The second-order valence-corrected chi connectivity index (χ2v) is 5.06. The number of furan rings is 1. The zero-order valence-corrected chi connectivity index (χ0v) is 11.1. The number of benzene rings is 1. The molecule has 0 fully saturated rings. The van der Waals surface area contributed by atoms with Crippen LogP contribution in [0.2, 0.25) is 0 Å². The van der Waals surface area contributed by atoms with Crippen molar-refractivity contribution in [3.63, 3.8) is 0 Å². The number of aromatic amines is 1. The Hall–Kier alpha value is -2.21. The molecular formula is C13H12N4OS. The van der Waals surface area contributed by atoms with Gasteiger partial charge in [-0.25, -0.2) is 5.10 Å². The number of aryl methyl sites for hydroxylation is 1. The first-order chi connectivity index (χ1) is 9.29. The lowest BCUT2D eigenvalue weighted by Gasteiger charge is -2.01. The minimum absolute atomic E-state index is 0.620. The van der Waals surface area contributed by atoms with Gasteiger partial charge in [0.25, 0.3) is 0 Å². The van der Waals surface area contributed by atoms with Gasteiger partial charge in [-0.3, -0.25) is 0 Å². The van der Waals surface area contributed by atoms with Gasteiger partial charge in [0.05, 0.1) is 11.2 Å². The lowest BCUT2D eigenvalue weighted by atomic mass is 10.2.